The van der Waals surface area contributed by atoms with Crippen molar-refractivity contribution < 1.29 is 9.21 Å². The number of H-pyrrole nitrogens is 1. The van der Waals surface area contributed by atoms with Gasteiger partial charge in [0.25, 0.3) is 0 Å². The predicted octanol–water partition coefficient (Wildman–Crippen LogP) is 4.11. The van der Waals surface area contributed by atoms with E-state index >= 15 is 0 Å². The van der Waals surface area contributed by atoms with Gasteiger partial charge in [0.1, 0.15) is 5.58 Å². The molecule has 3 aromatic rings. The zero-order chi connectivity index (χ0) is 19.7. The van der Waals surface area contributed by atoms with E-state index in [2.05, 4.69) is 4.98 Å². The van der Waals surface area contributed by atoms with Crippen LogP contribution in [0.1, 0.15) is 29.5 Å². The van der Waals surface area contributed by atoms with E-state index < -0.39 is 0 Å². The molecule has 5 nitrogen and oxygen atoms in total. The van der Waals surface area contributed by atoms with Crippen LogP contribution in [0.2, 0.25) is 5.02 Å². The number of pyridine rings is 1. The van der Waals surface area contributed by atoms with Crippen LogP contribution in [0.5, 0.6) is 0 Å². The Labute approximate surface area is 168 Å². The summed E-state index contributed by atoms with van der Waals surface area (Å²) in [5, 5.41) is 1.60. The largest absolute Gasteiger partial charge is 0.464 e. The molecule has 1 amide bonds. The van der Waals surface area contributed by atoms with Crippen molar-refractivity contribution in [1.82, 2.24) is 9.88 Å². The molecule has 1 aromatic carbocycles. The second kappa shape index (κ2) is 7.84. The van der Waals surface area contributed by atoms with Crippen LogP contribution >= 0.6 is 11.6 Å². The number of carbonyl (C=O) groups excluding carboxylic acids is 1. The quantitative estimate of drug-likeness (QED) is 0.719. The number of benzene rings is 1. The fourth-order valence-corrected chi connectivity index (χ4v) is 4.07. The van der Waals surface area contributed by atoms with Gasteiger partial charge in [0.2, 0.25) is 11.5 Å². The Bertz CT molecular complexity index is 1040. The number of halogens is 1. The number of piperidine rings is 1. The lowest BCUT2D eigenvalue weighted by atomic mass is 9.90. The first-order valence-electron chi connectivity index (χ1n) is 9.61. The minimum absolute atomic E-state index is 0.0765. The Morgan fingerprint density at radius 3 is 2.79 bits per heavy atom. The number of aryl methyl sites for hydroxylation is 1. The van der Waals surface area contributed by atoms with Crippen molar-refractivity contribution >= 4 is 28.5 Å². The smallest absolute Gasteiger partial charge is 0.247 e. The zero-order valence-electron chi connectivity index (χ0n) is 15.8. The number of aromatic nitrogens is 1. The van der Waals surface area contributed by atoms with Crippen LogP contribution in [-0.4, -0.2) is 28.9 Å². The third-order valence-corrected chi connectivity index (χ3v) is 6.02. The highest BCUT2D eigenvalue weighted by atomic mass is 35.5. The van der Waals surface area contributed by atoms with Gasteiger partial charge in [-0.1, -0.05) is 17.7 Å². The number of furan rings is 1. The van der Waals surface area contributed by atoms with Crippen molar-refractivity contribution in [3.8, 4) is 0 Å². The number of amides is 1. The van der Waals surface area contributed by atoms with E-state index in [1.54, 1.807) is 18.5 Å². The van der Waals surface area contributed by atoms with E-state index in [9.17, 15) is 9.59 Å². The summed E-state index contributed by atoms with van der Waals surface area (Å²) in [6, 6.07) is 7.24. The molecule has 2 aromatic heterocycles. The molecule has 0 aliphatic carbocycles. The van der Waals surface area contributed by atoms with Crippen LogP contribution in [0.25, 0.3) is 11.0 Å². The van der Waals surface area contributed by atoms with E-state index in [1.165, 1.54) is 0 Å². The monoisotopic (exact) mass is 398 g/mol. The van der Waals surface area contributed by atoms with Gasteiger partial charge >= 0.3 is 0 Å². The van der Waals surface area contributed by atoms with Crippen molar-refractivity contribution in [3.63, 3.8) is 0 Å². The second-order valence-electron chi connectivity index (χ2n) is 7.62. The summed E-state index contributed by atoms with van der Waals surface area (Å²) < 4.78 is 5.61. The summed E-state index contributed by atoms with van der Waals surface area (Å²) in [6.07, 6.45) is 6.67. The molecule has 1 fully saturated rings. The average molecular weight is 399 g/mol. The summed E-state index contributed by atoms with van der Waals surface area (Å²) >= 11 is 6.24. The van der Waals surface area contributed by atoms with Crippen molar-refractivity contribution in [2.45, 2.75) is 32.6 Å². The molecule has 3 heterocycles. The lowest BCUT2D eigenvalue weighted by molar-refractivity contribution is -0.131. The number of likely N-dealkylation sites (tertiary alicyclic amines) is 1. The Balaban J connectivity index is 1.36. The predicted molar refractivity (Wildman–Crippen MR) is 110 cm³/mol. The van der Waals surface area contributed by atoms with E-state index in [0.717, 1.165) is 60.0 Å². The van der Waals surface area contributed by atoms with E-state index in [1.807, 2.05) is 30.0 Å². The summed E-state index contributed by atoms with van der Waals surface area (Å²) in [4.78, 5) is 28.6. The van der Waals surface area contributed by atoms with Crippen LogP contribution in [0.4, 0.5) is 0 Å². The lowest BCUT2D eigenvalue weighted by Crippen LogP contribution is -2.39. The van der Waals surface area contributed by atoms with Gasteiger partial charge in [-0.05, 0) is 55.4 Å². The first-order valence-corrected chi connectivity index (χ1v) is 9.99. The molecule has 146 valence electrons. The Morgan fingerprint density at radius 2 is 2.07 bits per heavy atom. The van der Waals surface area contributed by atoms with Crippen LogP contribution in [0.15, 0.2) is 45.9 Å². The topological polar surface area (TPSA) is 66.3 Å². The molecule has 0 saturated carbocycles. The molecule has 1 aliphatic rings. The number of fused-ring (bicyclic) bond motifs is 1. The summed E-state index contributed by atoms with van der Waals surface area (Å²) in [5.74, 6) is 0.661. The van der Waals surface area contributed by atoms with Crippen LogP contribution in [0.3, 0.4) is 0 Å². The fourth-order valence-electron chi connectivity index (χ4n) is 3.90. The average Bonchev–Trinajstić information content (AvgIpc) is 3.06. The number of nitrogens with zero attached hydrogens (tertiary/aromatic N) is 1. The molecule has 1 aliphatic heterocycles. The molecule has 28 heavy (non-hydrogen) atoms. The SMILES string of the molecule is Cc1cc2occ(CC(=O)N3CCC(Cc4ccc(=O)[nH]c4)CC3)c2cc1Cl. The van der Waals surface area contributed by atoms with Gasteiger partial charge in [-0.15, -0.1) is 0 Å². The maximum absolute atomic E-state index is 12.8. The van der Waals surface area contributed by atoms with Gasteiger partial charge in [-0.2, -0.15) is 0 Å². The van der Waals surface area contributed by atoms with Crippen molar-refractivity contribution in [2.75, 3.05) is 13.1 Å². The van der Waals surface area contributed by atoms with Gasteiger partial charge in [0, 0.05) is 41.3 Å². The molecular formula is C22H23ClN2O3. The Hall–Kier alpha value is -2.53. The van der Waals surface area contributed by atoms with Gasteiger partial charge in [-0.25, -0.2) is 0 Å². The molecule has 1 N–H and O–H groups in total. The number of rotatable bonds is 4. The first kappa shape index (κ1) is 18.8. The minimum atomic E-state index is -0.0765. The minimum Gasteiger partial charge on any atom is -0.464 e. The first-order chi connectivity index (χ1) is 13.5. The lowest BCUT2D eigenvalue weighted by Gasteiger charge is -2.32. The van der Waals surface area contributed by atoms with Gasteiger partial charge in [0.05, 0.1) is 12.7 Å². The number of nitrogens with one attached hydrogen (secondary N) is 1. The number of aromatic amines is 1. The van der Waals surface area contributed by atoms with E-state index in [0.29, 0.717) is 17.4 Å². The molecule has 0 atom stereocenters. The molecule has 0 unspecified atom stereocenters. The molecule has 1 saturated heterocycles. The highest BCUT2D eigenvalue weighted by molar-refractivity contribution is 6.32. The molecule has 0 spiro atoms. The van der Waals surface area contributed by atoms with Gasteiger partial charge < -0.3 is 14.3 Å². The van der Waals surface area contributed by atoms with E-state index in [-0.39, 0.29) is 11.5 Å². The fraction of sp³-hybridized carbons (Fsp3) is 0.364. The molecule has 0 bridgehead atoms. The second-order valence-corrected chi connectivity index (χ2v) is 8.03. The maximum Gasteiger partial charge on any atom is 0.247 e. The number of hydrogen-bond acceptors (Lipinski definition) is 3. The summed E-state index contributed by atoms with van der Waals surface area (Å²) in [6.45, 7) is 3.47. The normalized spacial score (nSPS) is 15.3. The van der Waals surface area contributed by atoms with Crippen LogP contribution in [0, 0.1) is 12.8 Å². The van der Waals surface area contributed by atoms with Crippen LogP contribution in [-0.2, 0) is 17.6 Å². The van der Waals surface area contributed by atoms with Crippen molar-refractivity contribution in [3.05, 3.63) is 68.8 Å². The molecule has 6 heteroatoms. The molecule has 0 radical (unpaired) electrons. The summed E-state index contributed by atoms with van der Waals surface area (Å²) in [5.41, 5.74) is 3.68. The van der Waals surface area contributed by atoms with Crippen molar-refractivity contribution in [1.29, 1.82) is 0 Å². The maximum atomic E-state index is 12.8. The van der Waals surface area contributed by atoms with Crippen molar-refractivity contribution in [2.24, 2.45) is 5.92 Å². The number of carbonyl (C=O) groups is 1. The summed E-state index contributed by atoms with van der Waals surface area (Å²) in [7, 11) is 0. The zero-order valence-corrected chi connectivity index (χ0v) is 16.6. The van der Waals surface area contributed by atoms with Gasteiger partial charge in [0.15, 0.2) is 0 Å². The van der Waals surface area contributed by atoms with Gasteiger partial charge in [-0.3, -0.25) is 9.59 Å². The Kier molecular flexibility index (Phi) is 5.27. The third-order valence-electron chi connectivity index (χ3n) is 5.62. The highest BCUT2D eigenvalue weighted by Gasteiger charge is 2.24. The van der Waals surface area contributed by atoms with E-state index in [4.69, 9.17) is 16.0 Å². The highest BCUT2D eigenvalue weighted by Crippen LogP contribution is 2.29. The Morgan fingerprint density at radius 1 is 1.29 bits per heavy atom. The molecular weight excluding hydrogens is 376 g/mol. The third kappa shape index (κ3) is 3.99. The molecule has 4 rings (SSSR count). The van der Waals surface area contributed by atoms with Crippen LogP contribution < -0.4 is 5.56 Å². The standard InChI is InChI=1S/C22H23ClN2O3/c1-14-8-20-18(11-19(14)23)17(13-28-20)10-22(27)25-6-4-15(5-7-25)9-16-2-3-21(26)24-12-16/h2-3,8,11-13,15H,4-7,9-10H2,1H3,(H,24,26). The number of hydrogen-bond donors (Lipinski definition) is 1.